The molecule has 1 aliphatic heterocycles. The van der Waals surface area contributed by atoms with Gasteiger partial charge in [-0.1, -0.05) is 36.4 Å². The SMILES string of the molecule is CN(Cc1cccnc1)Cc1nc(C2(O)CCN(Cc3ccccc3)CC2)cs1. The molecule has 0 saturated carbocycles. The largest absolute Gasteiger partial charge is 0.383 e. The lowest BCUT2D eigenvalue weighted by atomic mass is 9.88. The molecule has 29 heavy (non-hydrogen) atoms. The minimum atomic E-state index is -0.802. The second-order valence-corrected chi connectivity index (χ2v) is 8.90. The molecule has 0 atom stereocenters. The summed E-state index contributed by atoms with van der Waals surface area (Å²) in [6, 6.07) is 14.6. The third kappa shape index (κ3) is 5.28. The lowest BCUT2D eigenvalue weighted by molar-refractivity contribution is -0.0307. The Balaban J connectivity index is 1.32. The monoisotopic (exact) mass is 408 g/mol. The van der Waals surface area contributed by atoms with Crippen molar-refractivity contribution in [1.29, 1.82) is 0 Å². The Morgan fingerprint density at radius 1 is 1.07 bits per heavy atom. The molecule has 1 saturated heterocycles. The molecular weight excluding hydrogens is 380 g/mol. The number of nitrogens with zero attached hydrogens (tertiary/aromatic N) is 4. The molecule has 2 aromatic heterocycles. The fourth-order valence-corrected chi connectivity index (χ4v) is 4.83. The molecule has 3 heterocycles. The van der Waals surface area contributed by atoms with Gasteiger partial charge >= 0.3 is 0 Å². The first kappa shape index (κ1) is 20.2. The quantitative estimate of drug-likeness (QED) is 0.647. The first-order chi connectivity index (χ1) is 14.1. The maximum atomic E-state index is 11.2. The van der Waals surface area contributed by atoms with Crippen LogP contribution in [0.15, 0.2) is 60.2 Å². The van der Waals surface area contributed by atoms with E-state index in [2.05, 4.69) is 52.2 Å². The highest BCUT2D eigenvalue weighted by Gasteiger charge is 2.36. The molecule has 4 rings (SSSR count). The van der Waals surface area contributed by atoms with E-state index in [-0.39, 0.29) is 0 Å². The molecule has 0 unspecified atom stereocenters. The standard InChI is InChI=1S/C23H28N4OS/c1-26(15-20-8-5-11-24-14-20)17-22-25-21(18-29-22)23(28)9-12-27(13-10-23)16-19-6-3-2-4-7-19/h2-8,11,14,18,28H,9-10,12-13,15-17H2,1H3. The maximum Gasteiger partial charge on any atom is 0.110 e. The highest BCUT2D eigenvalue weighted by atomic mass is 32.1. The summed E-state index contributed by atoms with van der Waals surface area (Å²) in [4.78, 5) is 13.6. The molecule has 152 valence electrons. The predicted octanol–water partition coefficient (Wildman–Crippen LogP) is 3.65. The minimum absolute atomic E-state index is 0.731. The van der Waals surface area contributed by atoms with Crippen LogP contribution in [-0.2, 0) is 25.2 Å². The molecular formula is C23H28N4OS. The normalized spacial score (nSPS) is 16.9. The first-order valence-corrected chi connectivity index (χ1v) is 11.0. The van der Waals surface area contributed by atoms with Gasteiger partial charge in [0.1, 0.15) is 10.6 Å². The molecule has 0 bridgehead atoms. The van der Waals surface area contributed by atoms with Gasteiger partial charge in [0.2, 0.25) is 0 Å². The second-order valence-electron chi connectivity index (χ2n) is 7.95. The molecule has 0 amide bonds. The van der Waals surface area contributed by atoms with E-state index in [1.807, 2.05) is 23.7 Å². The van der Waals surface area contributed by atoms with E-state index in [0.717, 1.165) is 56.3 Å². The van der Waals surface area contributed by atoms with Crippen LogP contribution in [0.25, 0.3) is 0 Å². The highest BCUT2D eigenvalue weighted by Crippen LogP contribution is 2.34. The molecule has 6 heteroatoms. The minimum Gasteiger partial charge on any atom is -0.383 e. The number of likely N-dealkylation sites (tertiary alicyclic amines) is 1. The Labute approximate surface area is 176 Å². The van der Waals surface area contributed by atoms with Crippen molar-refractivity contribution >= 4 is 11.3 Å². The van der Waals surface area contributed by atoms with Crippen LogP contribution in [0.4, 0.5) is 0 Å². The highest BCUT2D eigenvalue weighted by molar-refractivity contribution is 7.09. The fraction of sp³-hybridized carbons (Fsp3) is 0.391. The van der Waals surface area contributed by atoms with E-state index in [4.69, 9.17) is 4.98 Å². The molecule has 1 aromatic carbocycles. The van der Waals surface area contributed by atoms with E-state index in [0.29, 0.717) is 0 Å². The predicted molar refractivity (Wildman–Crippen MR) is 116 cm³/mol. The maximum absolute atomic E-state index is 11.2. The molecule has 0 spiro atoms. The van der Waals surface area contributed by atoms with Gasteiger partial charge in [-0.15, -0.1) is 11.3 Å². The smallest absolute Gasteiger partial charge is 0.110 e. The summed E-state index contributed by atoms with van der Waals surface area (Å²) in [5, 5.41) is 14.3. The van der Waals surface area contributed by atoms with Crippen molar-refractivity contribution in [2.45, 2.75) is 38.1 Å². The van der Waals surface area contributed by atoms with Gasteiger partial charge in [0.05, 0.1) is 12.2 Å². The van der Waals surface area contributed by atoms with Crippen LogP contribution in [0.5, 0.6) is 0 Å². The second kappa shape index (κ2) is 9.13. The summed E-state index contributed by atoms with van der Waals surface area (Å²) >= 11 is 1.64. The summed E-state index contributed by atoms with van der Waals surface area (Å²) in [6.45, 7) is 4.33. The summed E-state index contributed by atoms with van der Waals surface area (Å²) in [6.07, 6.45) is 5.15. The molecule has 1 aliphatic rings. The zero-order chi connectivity index (χ0) is 20.1. The Hall–Kier alpha value is -2.12. The third-order valence-electron chi connectivity index (χ3n) is 5.54. The van der Waals surface area contributed by atoms with Gasteiger partial charge < -0.3 is 5.11 Å². The number of piperidine rings is 1. The number of aromatic nitrogens is 2. The molecule has 5 nitrogen and oxygen atoms in total. The van der Waals surface area contributed by atoms with Crippen molar-refractivity contribution < 1.29 is 5.11 Å². The molecule has 1 fully saturated rings. The van der Waals surface area contributed by atoms with Crippen LogP contribution in [-0.4, -0.2) is 45.0 Å². The van der Waals surface area contributed by atoms with Crippen molar-refractivity contribution in [3.63, 3.8) is 0 Å². The van der Waals surface area contributed by atoms with Gasteiger partial charge in [-0.05, 0) is 37.1 Å². The lowest BCUT2D eigenvalue weighted by Gasteiger charge is -2.37. The van der Waals surface area contributed by atoms with Crippen LogP contribution < -0.4 is 0 Å². The Kier molecular flexibility index (Phi) is 6.35. The average Bonchev–Trinajstić information content (AvgIpc) is 3.21. The lowest BCUT2D eigenvalue weighted by Crippen LogP contribution is -2.42. The van der Waals surface area contributed by atoms with E-state index in [1.54, 1.807) is 17.5 Å². The zero-order valence-electron chi connectivity index (χ0n) is 16.9. The van der Waals surface area contributed by atoms with Gasteiger partial charge in [0, 0.05) is 44.0 Å². The van der Waals surface area contributed by atoms with E-state index in [9.17, 15) is 5.11 Å². The van der Waals surface area contributed by atoms with Gasteiger partial charge in [-0.3, -0.25) is 14.8 Å². The number of benzene rings is 1. The van der Waals surface area contributed by atoms with E-state index >= 15 is 0 Å². The number of hydrogen-bond acceptors (Lipinski definition) is 6. The van der Waals surface area contributed by atoms with Crippen molar-refractivity contribution in [3.05, 3.63) is 82.1 Å². The van der Waals surface area contributed by atoms with Gasteiger partial charge in [-0.2, -0.15) is 0 Å². The van der Waals surface area contributed by atoms with Gasteiger partial charge in [0.25, 0.3) is 0 Å². The van der Waals surface area contributed by atoms with Crippen molar-refractivity contribution in [2.24, 2.45) is 0 Å². The van der Waals surface area contributed by atoms with Crippen LogP contribution in [0.1, 0.15) is 34.7 Å². The average molecular weight is 409 g/mol. The molecule has 3 aromatic rings. The molecule has 0 aliphatic carbocycles. The van der Waals surface area contributed by atoms with Crippen molar-refractivity contribution in [1.82, 2.24) is 19.8 Å². The summed E-state index contributed by atoms with van der Waals surface area (Å²) in [5.41, 5.74) is 2.55. The number of thiazole rings is 1. The summed E-state index contributed by atoms with van der Waals surface area (Å²) in [7, 11) is 2.09. The van der Waals surface area contributed by atoms with Gasteiger partial charge in [-0.25, -0.2) is 4.98 Å². The number of rotatable bonds is 7. The van der Waals surface area contributed by atoms with Crippen LogP contribution >= 0.6 is 11.3 Å². The van der Waals surface area contributed by atoms with Crippen molar-refractivity contribution in [3.8, 4) is 0 Å². The fourth-order valence-electron chi connectivity index (χ4n) is 3.87. The Morgan fingerprint density at radius 2 is 1.83 bits per heavy atom. The summed E-state index contributed by atoms with van der Waals surface area (Å²) in [5.74, 6) is 0. The van der Waals surface area contributed by atoms with Gasteiger partial charge in [0.15, 0.2) is 0 Å². The number of hydrogen-bond donors (Lipinski definition) is 1. The Morgan fingerprint density at radius 3 is 2.55 bits per heavy atom. The van der Waals surface area contributed by atoms with E-state index in [1.165, 1.54) is 11.1 Å². The molecule has 1 N–H and O–H groups in total. The Bertz CT molecular complexity index is 892. The third-order valence-corrected chi connectivity index (χ3v) is 6.37. The van der Waals surface area contributed by atoms with Crippen LogP contribution in [0, 0.1) is 0 Å². The number of pyridine rings is 1. The molecule has 0 radical (unpaired) electrons. The topological polar surface area (TPSA) is 52.5 Å². The zero-order valence-corrected chi connectivity index (χ0v) is 17.7. The van der Waals surface area contributed by atoms with Crippen molar-refractivity contribution in [2.75, 3.05) is 20.1 Å². The first-order valence-electron chi connectivity index (χ1n) is 10.1. The van der Waals surface area contributed by atoms with Crippen LogP contribution in [0.2, 0.25) is 0 Å². The van der Waals surface area contributed by atoms with Crippen LogP contribution in [0.3, 0.4) is 0 Å². The summed E-state index contributed by atoms with van der Waals surface area (Å²) < 4.78 is 0. The van der Waals surface area contributed by atoms with E-state index < -0.39 is 5.60 Å². The number of aliphatic hydroxyl groups is 1.